The summed E-state index contributed by atoms with van der Waals surface area (Å²) in [6.45, 7) is 6.00. The number of nitrogens with zero attached hydrogens (tertiary/aromatic N) is 12. The van der Waals surface area contributed by atoms with Gasteiger partial charge in [0.1, 0.15) is 30.0 Å². The van der Waals surface area contributed by atoms with Crippen molar-refractivity contribution in [1.29, 1.82) is 0 Å². The minimum atomic E-state index is 0.778. The average molecular weight is 1460 g/mol. The fourth-order valence-corrected chi connectivity index (χ4v) is 18.5. The summed E-state index contributed by atoms with van der Waals surface area (Å²) >= 11 is 10.0. The molecule has 0 fully saturated rings. The van der Waals surface area contributed by atoms with E-state index in [1.54, 1.807) is 86.6 Å². The molecule has 20 rings (SSSR count). The van der Waals surface area contributed by atoms with Crippen LogP contribution < -0.4 is 0 Å². The largest absolute Gasteiger partial charge is 0.236 e. The highest BCUT2D eigenvalue weighted by atomic mass is 32.1. The summed E-state index contributed by atoms with van der Waals surface area (Å²) in [5.41, 5.74) is 27.7. The van der Waals surface area contributed by atoms with E-state index in [4.69, 9.17) is 29.9 Å². The lowest BCUT2D eigenvalue weighted by atomic mass is 9.92. The molecule has 0 amide bonds. The average Bonchev–Trinajstić information content (AvgIpc) is 1.67. The molecular formula is C87H54N12S6. The Morgan fingerprint density at radius 3 is 0.667 bits per heavy atom. The van der Waals surface area contributed by atoms with Gasteiger partial charge in [0, 0.05) is 69.1 Å². The van der Waals surface area contributed by atoms with Gasteiger partial charge in [-0.1, -0.05) is 127 Å². The van der Waals surface area contributed by atoms with E-state index in [1.807, 2.05) is 57.2 Å². The molecule has 0 unspecified atom stereocenters. The number of aromatic nitrogens is 12. The molecule has 8 aromatic carbocycles. The van der Waals surface area contributed by atoms with Gasteiger partial charge in [-0.2, -0.15) is 0 Å². The highest BCUT2D eigenvalue weighted by Gasteiger charge is 2.18. The van der Waals surface area contributed by atoms with Gasteiger partial charge < -0.3 is 0 Å². The fourth-order valence-electron chi connectivity index (χ4n) is 13.0. The standard InChI is InChI=1S/C45H30N6S3.C42H24N6S3/c1-25-4-19-37-40(46-25)49-43(52-37)31-13-7-28(8-14-31)34-22-35(29-9-15-32(16-10-29)44-50-41-38(53-44)20-5-26(2)47-41)24-36(23-34)30-11-17-33(18-12-30)45-51-42-39(54-45)21-6-27(3)48-42;1-7-25(19-28(10-1)40-46-37-34(49-40)13-4-16-43-37)31-22-32(26-8-2-11-29(20-26)41-47-38-35(50-41)14-5-17-44-38)24-33(23-31)27-9-3-12-30(21-27)42-48-39-36(51-42)15-6-18-45-39/h4-24H,1-3H3;1-24H. The zero-order chi connectivity index (χ0) is 70.1. The van der Waals surface area contributed by atoms with E-state index < -0.39 is 0 Å². The first-order chi connectivity index (χ1) is 51.6. The molecule has 0 atom stereocenters. The van der Waals surface area contributed by atoms with Crippen molar-refractivity contribution in [3.63, 3.8) is 0 Å². The van der Waals surface area contributed by atoms with Crippen LogP contribution in [0.25, 0.3) is 192 Å². The first kappa shape index (κ1) is 63.9. The van der Waals surface area contributed by atoms with Crippen molar-refractivity contribution in [2.24, 2.45) is 0 Å². The Morgan fingerprint density at radius 1 is 0.171 bits per heavy atom. The Bertz CT molecular complexity index is 5970. The van der Waals surface area contributed by atoms with E-state index in [1.165, 1.54) is 0 Å². The smallest absolute Gasteiger partial charge is 0.171 e. The van der Waals surface area contributed by atoms with Gasteiger partial charge >= 0.3 is 0 Å². The van der Waals surface area contributed by atoms with Crippen LogP contribution in [0.2, 0.25) is 0 Å². The predicted octanol–water partition coefficient (Wildman–Crippen LogP) is 24.3. The number of hydrogen-bond donors (Lipinski definition) is 0. The van der Waals surface area contributed by atoms with E-state index in [2.05, 4.69) is 248 Å². The molecule has 12 heterocycles. The van der Waals surface area contributed by atoms with Crippen LogP contribution >= 0.6 is 68.0 Å². The van der Waals surface area contributed by atoms with Gasteiger partial charge in [0.15, 0.2) is 33.9 Å². The molecule has 0 saturated heterocycles. The Labute approximate surface area is 626 Å². The third kappa shape index (κ3) is 12.9. The van der Waals surface area contributed by atoms with Crippen LogP contribution in [0.5, 0.6) is 0 Å². The molecule has 105 heavy (non-hydrogen) atoms. The Balaban J connectivity index is 0.000000144. The van der Waals surface area contributed by atoms with E-state index in [0.29, 0.717) is 0 Å². The van der Waals surface area contributed by atoms with Crippen LogP contribution in [-0.2, 0) is 0 Å². The topological polar surface area (TPSA) is 155 Å². The van der Waals surface area contributed by atoms with E-state index in [9.17, 15) is 0 Å². The summed E-state index contributed by atoms with van der Waals surface area (Å²) in [4.78, 5) is 56.3. The van der Waals surface area contributed by atoms with Gasteiger partial charge in [-0.15, -0.1) is 68.0 Å². The quantitative estimate of drug-likeness (QED) is 0.114. The van der Waals surface area contributed by atoms with Crippen molar-refractivity contribution in [2.75, 3.05) is 0 Å². The monoisotopic (exact) mass is 1460 g/mol. The SMILES string of the molecule is Cc1ccc2sc(-c3ccc(-c4cc(-c5ccc(-c6nc7nc(C)ccc7s6)cc5)cc(-c5ccc(-c6nc7nc(C)ccc7s6)cc5)c4)cc3)nc2n1.c1cc(-c2cc(-c3cccc(-c4nc5ncccc5s4)c3)cc(-c3cccc(-c4nc5ncccc5s4)c3)c2)cc(-c2nc3ncccc3s2)c1. The van der Waals surface area contributed by atoms with Gasteiger partial charge in [-0.05, 0) is 215 Å². The normalized spacial score (nSPS) is 11.6. The molecule has 20 aromatic rings. The van der Waals surface area contributed by atoms with Crippen molar-refractivity contribution in [1.82, 2.24) is 59.8 Å². The van der Waals surface area contributed by atoms with Crippen molar-refractivity contribution in [3.8, 4) is 130 Å². The summed E-state index contributed by atoms with van der Waals surface area (Å²) < 4.78 is 6.52. The molecule has 0 aliphatic carbocycles. The molecule has 12 aromatic heterocycles. The van der Waals surface area contributed by atoms with Crippen LogP contribution in [0.4, 0.5) is 0 Å². The van der Waals surface area contributed by atoms with Crippen molar-refractivity contribution < 1.29 is 0 Å². The predicted molar refractivity (Wildman–Crippen MR) is 438 cm³/mol. The lowest BCUT2D eigenvalue weighted by molar-refractivity contribution is 1.22. The van der Waals surface area contributed by atoms with Crippen molar-refractivity contribution in [2.45, 2.75) is 20.8 Å². The van der Waals surface area contributed by atoms with Gasteiger partial charge in [0.05, 0.1) is 28.2 Å². The molecular weight excluding hydrogens is 1410 g/mol. The Kier molecular flexibility index (Phi) is 16.4. The maximum atomic E-state index is 4.84. The molecule has 12 nitrogen and oxygen atoms in total. The first-order valence-corrected chi connectivity index (χ1v) is 38.8. The third-order valence-electron chi connectivity index (χ3n) is 18.3. The Hall–Kier alpha value is -12.0. The molecule has 0 saturated carbocycles. The number of aryl methyl sites for hydroxylation is 3. The highest BCUT2D eigenvalue weighted by Crippen LogP contribution is 2.43. The van der Waals surface area contributed by atoms with Gasteiger partial charge in [0.25, 0.3) is 0 Å². The van der Waals surface area contributed by atoms with Gasteiger partial charge in [-0.25, -0.2) is 59.8 Å². The zero-order valence-corrected chi connectivity index (χ0v) is 61.2. The number of pyridine rings is 6. The lowest BCUT2D eigenvalue weighted by Crippen LogP contribution is -1.88. The molecule has 0 aliphatic rings. The van der Waals surface area contributed by atoms with Crippen LogP contribution in [0.1, 0.15) is 17.1 Å². The minimum absolute atomic E-state index is 0.778. The second-order valence-electron chi connectivity index (χ2n) is 25.5. The summed E-state index contributed by atoms with van der Waals surface area (Å²) in [6.07, 6.45) is 5.38. The summed E-state index contributed by atoms with van der Waals surface area (Å²) in [6, 6.07) is 90.3. The summed E-state index contributed by atoms with van der Waals surface area (Å²) in [5, 5.41) is 5.79. The van der Waals surface area contributed by atoms with Gasteiger partial charge in [0.2, 0.25) is 0 Å². The highest BCUT2D eigenvalue weighted by molar-refractivity contribution is 7.23. The molecule has 18 heteroatoms. The number of benzene rings is 8. The van der Waals surface area contributed by atoms with Crippen LogP contribution in [0.3, 0.4) is 0 Å². The summed E-state index contributed by atoms with van der Waals surface area (Å²) in [7, 11) is 0. The molecule has 498 valence electrons. The van der Waals surface area contributed by atoms with Crippen LogP contribution in [0.15, 0.2) is 273 Å². The summed E-state index contributed by atoms with van der Waals surface area (Å²) in [5.74, 6) is 0. The molecule has 0 aliphatic heterocycles. The molecule has 0 N–H and O–H groups in total. The van der Waals surface area contributed by atoms with Crippen LogP contribution in [-0.4, -0.2) is 59.8 Å². The number of thiazole rings is 6. The van der Waals surface area contributed by atoms with Gasteiger partial charge in [-0.3, -0.25) is 0 Å². The fraction of sp³-hybridized carbons (Fsp3) is 0.0345. The zero-order valence-electron chi connectivity index (χ0n) is 56.3. The molecule has 0 bridgehead atoms. The van der Waals surface area contributed by atoms with E-state index in [0.717, 1.165) is 209 Å². The van der Waals surface area contributed by atoms with Crippen LogP contribution in [0, 0.1) is 20.8 Å². The Morgan fingerprint density at radius 2 is 0.390 bits per heavy atom. The second-order valence-corrected chi connectivity index (χ2v) is 31.7. The maximum absolute atomic E-state index is 4.84. The second kappa shape index (κ2) is 27.0. The number of rotatable bonds is 12. The number of hydrogen-bond acceptors (Lipinski definition) is 18. The third-order valence-corrected chi connectivity index (χ3v) is 24.6. The molecule has 0 radical (unpaired) electrons. The number of fused-ring (bicyclic) bond motifs is 6. The van der Waals surface area contributed by atoms with Crippen molar-refractivity contribution >= 4 is 130 Å². The first-order valence-electron chi connectivity index (χ1n) is 33.9. The molecule has 0 spiro atoms. The van der Waals surface area contributed by atoms with Crippen molar-refractivity contribution in [3.05, 3.63) is 290 Å². The van der Waals surface area contributed by atoms with E-state index in [-0.39, 0.29) is 0 Å². The maximum Gasteiger partial charge on any atom is 0.171 e. The minimum Gasteiger partial charge on any atom is -0.236 e. The van der Waals surface area contributed by atoms with E-state index >= 15 is 0 Å². The lowest BCUT2D eigenvalue weighted by Gasteiger charge is -2.13.